The quantitative estimate of drug-likeness (QED) is 0.461. The van der Waals surface area contributed by atoms with Gasteiger partial charge in [-0.3, -0.25) is 14.5 Å². The lowest BCUT2D eigenvalue weighted by Crippen LogP contribution is -2.49. The molecular formula is C24H27N7O3S. The number of allylic oxidation sites excluding steroid dienone is 1. The highest BCUT2D eigenvalue weighted by molar-refractivity contribution is 7.21. The Morgan fingerprint density at radius 1 is 1.29 bits per heavy atom. The van der Waals surface area contributed by atoms with Crippen LogP contribution in [0.15, 0.2) is 54.4 Å². The Kier molecular flexibility index (Phi) is 6.27. The van der Waals surface area contributed by atoms with Crippen LogP contribution in [-0.2, 0) is 4.79 Å². The molecule has 0 aromatic carbocycles. The molecule has 0 aliphatic carbocycles. The van der Waals surface area contributed by atoms with Crippen LogP contribution in [0.25, 0.3) is 15.3 Å². The second-order valence-corrected chi connectivity index (χ2v) is 9.88. The van der Waals surface area contributed by atoms with Crippen molar-refractivity contribution in [1.29, 1.82) is 0 Å². The van der Waals surface area contributed by atoms with Gasteiger partial charge in [0.05, 0.1) is 47.6 Å². The largest absolute Gasteiger partial charge is 0.481 e. The fourth-order valence-corrected chi connectivity index (χ4v) is 5.30. The molecule has 35 heavy (non-hydrogen) atoms. The van der Waals surface area contributed by atoms with E-state index in [-0.39, 0.29) is 17.9 Å². The number of hydrogen-bond acceptors (Lipinski definition) is 8. The van der Waals surface area contributed by atoms with Gasteiger partial charge in [-0.15, -0.1) is 11.3 Å². The number of dihydropyridines is 1. The molecule has 1 atom stereocenters. The summed E-state index contributed by atoms with van der Waals surface area (Å²) in [5.74, 6) is 0.813. The molecule has 5 heterocycles. The van der Waals surface area contributed by atoms with Crippen LogP contribution in [0.1, 0.15) is 24.2 Å². The standard InChI is InChI=1S/C24H27N7O3S/c1-14-10-30(11-14)13-21(32)28-16-7-19(15(2)26-8-16)29-22(33)18-9-27-31-12-20(35-24(18)31)17-5-4-6-25-23(17)34-3/h4-9,12,14-15,26H,10-11,13H2,1-3H3,(H,28,32)(H,29,33). The molecule has 1 fully saturated rings. The highest BCUT2D eigenvalue weighted by atomic mass is 32.1. The van der Waals surface area contributed by atoms with Crippen LogP contribution in [0, 0.1) is 5.92 Å². The van der Waals surface area contributed by atoms with Crippen molar-refractivity contribution < 1.29 is 14.3 Å². The number of methoxy groups -OCH3 is 1. The topological polar surface area (TPSA) is 113 Å². The Morgan fingerprint density at radius 3 is 2.89 bits per heavy atom. The van der Waals surface area contributed by atoms with E-state index in [2.05, 4.69) is 37.9 Å². The highest BCUT2D eigenvalue weighted by Crippen LogP contribution is 2.34. The average Bonchev–Trinajstić information content (AvgIpc) is 3.41. The molecule has 2 amide bonds. The molecule has 0 spiro atoms. The number of rotatable bonds is 7. The van der Waals surface area contributed by atoms with Gasteiger partial charge in [-0.25, -0.2) is 9.50 Å². The number of nitrogens with one attached hydrogen (secondary N) is 3. The van der Waals surface area contributed by atoms with Gasteiger partial charge >= 0.3 is 0 Å². The first kappa shape index (κ1) is 23.1. The second-order valence-electron chi connectivity index (χ2n) is 8.85. The van der Waals surface area contributed by atoms with Gasteiger partial charge in [0.2, 0.25) is 11.8 Å². The Balaban J connectivity index is 1.30. The first-order chi connectivity index (χ1) is 16.9. The molecule has 11 heteroatoms. The number of thiazole rings is 1. The zero-order valence-corrected chi connectivity index (χ0v) is 20.6. The van der Waals surface area contributed by atoms with Crippen LogP contribution in [0.3, 0.4) is 0 Å². The number of aromatic nitrogens is 3. The molecule has 0 radical (unpaired) electrons. The maximum absolute atomic E-state index is 13.2. The minimum absolute atomic E-state index is 0.0725. The van der Waals surface area contributed by atoms with E-state index >= 15 is 0 Å². The van der Waals surface area contributed by atoms with Crippen molar-refractivity contribution in [2.45, 2.75) is 19.9 Å². The number of fused-ring (bicyclic) bond motifs is 1. The SMILES string of the molecule is COc1ncccc1-c1cn2ncc(C(=O)NC3=CC(NC(=O)CN4CC(C)C4)=CNC3C)c2s1. The lowest BCUT2D eigenvalue weighted by atomic mass is 10.0. The van der Waals surface area contributed by atoms with Gasteiger partial charge in [0.15, 0.2) is 0 Å². The van der Waals surface area contributed by atoms with Gasteiger partial charge in [-0.05, 0) is 31.1 Å². The maximum Gasteiger partial charge on any atom is 0.260 e. The molecule has 3 aromatic heterocycles. The van der Waals surface area contributed by atoms with Gasteiger partial charge < -0.3 is 20.7 Å². The molecule has 1 unspecified atom stereocenters. The summed E-state index contributed by atoms with van der Waals surface area (Å²) >= 11 is 1.44. The van der Waals surface area contributed by atoms with E-state index in [1.54, 1.807) is 36.3 Å². The lowest BCUT2D eigenvalue weighted by Gasteiger charge is -2.36. The van der Waals surface area contributed by atoms with E-state index in [4.69, 9.17) is 4.74 Å². The van der Waals surface area contributed by atoms with Crippen molar-refractivity contribution in [1.82, 2.24) is 35.4 Å². The van der Waals surface area contributed by atoms with E-state index in [0.29, 0.717) is 40.1 Å². The van der Waals surface area contributed by atoms with E-state index < -0.39 is 0 Å². The Hall–Kier alpha value is -3.70. The predicted octanol–water partition coefficient (Wildman–Crippen LogP) is 1.98. The third kappa shape index (κ3) is 4.77. The Bertz CT molecular complexity index is 1340. The molecule has 3 aromatic rings. The molecular weight excluding hydrogens is 466 g/mol. The van der Waals surface area contributed by atoms with Crippen LogP contribution in [0.4, 0.5) is 0 Å². The van der Waals surface area contributed by atoms with Gasteiger partial charge in [0.1, 0.15) is 4.83 Å². The second kappa shape index (κ2) is 9.51. The number of ether oxygens (including phenoxy) is 1. The average molecular weight is 494 g/mol. The molecule has 5 rings (SSSR count). The number of hydrogen-bond donors (Lipinski definition) is 3. The van der Waals surface area contributed by atoms with E-state index in [1.165, 1.54) is 11.3 Å². The van der Waals surface area contributed by atoms with Crippen LogP contribution in [0.5, 0.6) is 5.88 Å². The number of carbonyl (C=O) groups is 2. The molecule has 2 aliphatic heterocycles. The number of nitrogens with zero attached hydrogens (tertiary/aromatic N) is 4. The van der Waals surface area contributed by atoms with Crippen LogP contribution in [0.2, 0.25) is 0 Å². The summed E-state index contributed by atoms with van der Waals surface area (Å²) in [5.41, 5.74) is 2.57. The molecule has 2 aliphatic rings. The third-order valence-corrected chi connectivity index (χ3v) is 7.13. The van der Waals surface area contributed by atoms with Crippen molar-refractivity contribution in [3.63, 3.8) is 0 Å². The predicted molar refractivity (Wildman–Crippen MR) is 133 cm³/mol. The smallest absolute Gasteiger partial charge is 0.260 e. The number of likely N-dealkylation sites (tertiary alicyclic amines) is 1. The van der Waals surface area contributed by atoms with Crippen LogP contribution >= 0.6 is 11.3 Å². The summed E-state index contributed by atoms with van der Waals surface area (Å²) in [7, 11) is 1.58. The number of pyridine rings is 1. The van der Waals surface area contributed by atoms with Gasteiger partial charge in [0.25, 0.3) is 5.91 Å². The zero-order chi connectivity index (χ0) is 24.5. The van der Waals surface area contributed by atoms with Crippen molar-refractivity contribution in [3.8, 4) is 16.3 Å². The maximum atomic E-state index is 13.2. The first-order valence-corrected chi connectivity index (χ1v) is 12.2. The molecule has 0 bridgehead atoms. The summed E-state index contributed by atoms with van der Waals surface area (Å²) in [6.07, 6.45) is 8.62. The summed E-state index contributed by atoms with van der Waals surface area (Å²) in [5, 5.41) is 13.4. The first-order valence-electron chi connectivity index (χ1n) is 11.4. The third-order valence-electron chi connectivity index (χ3n) is 5.99. The van der Waals surface area contributed by atoms with E-state index in [1.807, 2.05) is 25.3 Å². The number of carbonyl (C=O) groups excluding carboxylic acids is 2. The van der Waals surface area contributed by atoms with Crippen LogP contribution in [-0.4, -0.2) is 64.1 Å². The summed E-state index contributed by atoms with van der Waals surface area (Å²) in [6, 6.07) is 3.63. The molecule has 10 nitrogen and oxygen atoms in total. The fourth-order valence-electron chi connectivity index (χ4n) is 4.22. The fraction of sp³-hybridized carbons (Fsp3) is 0.333. The van der Waals surface area contributed by atoms with E-state index in [0.717, 1.165) is 23.5 Å². The van der Waals surface area contributed by atoms with Gasteiger partial charge in [0, 0.05) is 37.4 Å². The Labute approximate surface area is 206 Å². The minimum atomic E-state index is -0.270. The van der Waals surface area contributed by atoms with Crippen molar-refractivity contribution in [2.75, 3.05) is 26.7 Å². The van der Waals surface area contributed by atoms with Crippen molar-refractivity contribution >= 4 is 28.0 Å². The summed E-state index contributed by atoms with van der Waals surface area (Å²) < 4.78 is 7.05. The van der Waals surface area contributed by atoms with Crippen LogP contribution < -0.4 is 20.7 Å². The summed E-state index contributed by atoms with van der Waals surface area (Å²) in [6.45, 7) is 6.36. The van der Waals surface area contributed by atoms with E-state index in [9.17, 15) is 9.59 Å². The Morgan fingerprint density at radius 2 is 2.11 bits per heavy atom. The monoisotopic (exact) mass is 493 g/mol. The normalized spacial score (nSPS) is 18.3. The summed E-state index contributed by atoms with van der Waals surface area (Å²) in [4.78, 5) is 33.5. The highest BCUT2D eigenvalue weighted by Gasteiger charge is 2.25. The zero-order valence-electron chi connectivity index (χ0n) is 19.7. The molecule has 3 N–H and O–H groups in total. The van der Waals surface area contributed by atoms with Gasteiger partial charge in [-0.1, -0.05) is 6.92 Å². The lowest BCUT2D eigenvalue weighted by molar-refractivity contribution is -0.122. The molecule has 1 saturated heterocycles. The number of amides is 2. The molecule has 0 saturated carbocycles. The minimum Gasteiger partial charge on any atom is -0.481 e. The van der Waals surface area contributed by atoms with Crippen molar-refractivity contribution in [3.05, 3.63) is 60.0 Å². The van der Waals surface area contributed by atoms with Gasteiger partial charge in [-0.2, -0.15) is 5.10 Å². The molecule has 182 valence electrons. The van der Waals surface area contributed by atoms with Crippen molar-refractivity contribution in [2.24, 2.45) is 5.92 Å².